The molecule has 0 N–H and O–H groups in total. The van der Waals surface area contributed by atoms with Crippen molar-refractivity contribution in [1.29, 1.82) is 0 Å². The van der Waals surface area contributed by atoms with Crippen LogP contribution in [-0.4, -0.2) is 61.1 Å². The normalized spacial score (nSPS) is 22.0. The highest BCUT2D eigenvalue weighted by Gasteiger charge is 2.22. The van der Waals surface area contributed by atoms with Crippen LogP contribution < -0.4 is 4.90 Å². The Morgan fingerprint density at radius 3 is 2.31 bits per heavy atom. The van der Waals surface area contributed by atoms with Crippen molar-refractivity contribution in [2.75, 3.05) is 38.1 Å². The molecule has 2 fully saturated rings. The van der Waals surface area contributed by atoms with Crippen LogP contribution in [0.4, 0.5) is 5.69 Å². The minimum absolute atomic E-state index is 0.0682. The molecule has 0 aliphatic carbocycles. The zero-order chi connectivity index (χ0) is 22.5. The first kappa shape index (κ1) is 22.8. The van der Waals surface area contributed by atoms with Crippen LogP contribution in [-0.2, 0) is 17.8 Å². The average Bonchev–Trinajstić information content (AvgIpc) is 2.79. The molecule has 0 radical (unpaired) electrons. The molecule has 2 atom stereocenters. The summed E-state index contributed by atoms with van der Waals surface area (Å²) in [6.45, 7) is 9.89. The molecule has 2 saturated heterocycles. The van der Waals surface area contributed by atoms with Crippen LogP contribution in [0.25, 0.3) is 0 Å². The lowest BCUT2D eigenvalue weighted by atomic mass is 10.1. The van der Waals surface area contributed by atoms with E-state index in [-0.39, 0.29) is 18.1 Å². The summed E-state index contributed by atoms with van der Waals surface area (Å²) >= 11 is 0. The fourth-order valence-electron chi connectivity index (χ4n) is 5.06. The van der Waals surface area contributed by atoms with Crippen molar-refractivity contribution in [2.24, 2.45) is 0 Å². The molecule has 32 heavy (non-hydrogen) atoms. The average molecular weight is 436 g/mol. The van der Waals surface area contributed by atoms with E-state index in [1.165, 1.54) is 36.1 Å². The fraction of sp³-hybridized carbons (Fsp3) is 0.519. The van der Waals surface area contributed by atoms with E-state index >= 15 is 0 Å². The topological polar surface area (TPSA) is 36.0 Å². The predicted octanol–water partition coefficient (Wildman–Crippen LogP) is 4.56. The van der Waals surface area contributed by atoms with E-state index in [2.05, 4.69) is 60.0 Å². The van der Waals surface area contributed by atoms with Gasteiger partial charge in [-0.2, -0.15) is 0 Å². The number of piperidine rings is 1. The van der Waals surface area contributed by atoms with Crippen molar-refractivity contribution in [3.8, 4) is 0 Å². The highest BCUT2D eigenvalue weighted by atomic mass is 16.5. The quantitative estimate of drug-likeness (QED) is 0.667. The Balaban J connectivity index is 1.38. The number of nitrogens with zero attached hydrogens (tertiary/aromatic N) is 3. The number of amides is 1. The van der Waals surface area contributed by atoms with Gasteiger partial charge in [0.2, 0.25) is 0 Å². The van der Waals surface area contributed by atoms with Crippen LogP contribution in [0, 0.1) is 0 Å². The molecule has 2 unspecified atom stereocenters. The Hall–Kier alpha value is -2.37. The van der Waals surface area contributed by atoms with E-state index in [1.807, 2.05) is 24.1 Å². The van der Waals surface area contributed by atoms with Gasteiger partial charge in [-0.15, -0.1) is 0 Å². The predicted molar refractivity (Wildman–Crippen MR) is 130 cm³/mol. The van der Waals surface area contributed by atoms with Crippen LogP contribution in [0.5, 0.6) is 0 Å². The maximum atomic E-state index is 13.1. The van der Waals surface area contributed by atoms with Gasteiger partial charge in [-0.05, 0) is 62.4 Å². The number of benzene rings is 2. The van der Waals surface area contributed by atoms with Crippen LogP contribution in [0.15, 0.2) is 48.5 Å². The van der Waals surface area contributed by atoms with Crippen molar-refractivity contribution in [2.45, 2.75) is 58.4 Å². The molecule has 2 aliphatic heterocycles. The number of carbonyl (C=O) groups is 1. The highest BCUT2D eigenvalue weighted by Crippen LogP contribution is 2.25. The van der Waals surface area contributed by atoms with Crippen molar-refractivity contribution in [3.63, 3.8) is 0 Å². The summed E-state index contributed by atoms with van der Waals surface area (Å²) in [6.07, 6.45) is 4.34. The third-order valence-electron chi connectivity index (χ3n) is 6.54. The summed E-state index contributed by atoms with van der Waals surface area (Å²) < 4.78 is 5.83. The van der Waals surface area contributed by atoms with E-state index < -0.39 is 0 Å². The number of morpholine rings is 1. The standard InChI is InChI=1S/C27H37N3O2/c1-21-17-29(18-22(2)32-21)19-23-11-13-24(14-12-23)27(31)28(3)20-25-9-5-6-10-26(25)30-15-7-4-8-16-30/h5-6,9-14,21-22H,4,7-8,15-20H2,1-3H3. The van der Waals surface area contributed by atoms with Gasteiger partial charge >= 0.3 is 0 Å². The minimum Gasteiger partial charge on any atom is -0.373 e. The molecule has 1 amide bonds. The Morgan fingerprint density at radius 2 is 1.62 bits per heavy atom. The summed E-state index contributed by atoms with van der Waals surface area (Å²) in [6, 6.07) is 16.6. The van der Waals surface area contributed by atoms with Crippen molar-refractivity contribution in [1.82, 2.24) is 9.80 Å². The number of rotatable bonds is 6. The van der Waals surface area contributed by atoms with E-state index in [1.54, 1.807) is 0 Å². The molecule has 0 aromatic heterocycles. The molecular formula is C27H37N3O2. The van der Waals surface area contributed by atoms with E-state index in [0.717, 1.165) is 38.3 Å². The third-order valence-corrected chi connectivity index (χ3v) is 6.54. The maximum absolute atomic E-state index is 13.1. The molecule has 2 aliphatic rings. The van der Waals surface area contributed by atoms with Gasteiger partial charge in [0.15, 0.2) is 0 Å². The summed E-state index contributed by atoms with van der Waals surface area (Å²) in [5.74, 6) is 0.0682. The first-order chi connectivity index (χ1) is 15.5. The zero-order valence-electron chi connectivity index (χ0n) is 19.8. The van der Waals surface area contributed by atoms with Crippen LogP contribution in [0.1, 0.15) is 54.6 Å². The maximum Gasteiger partial charge on any atom is 0.253 e. The molecule has 5 nitrogen and oxygen atoms in total. The number of para-hydroxylation sites is 1. The van der Waals surface area contributed by atoms with Crippen LogP contribution in [0.3, 0.4) is 0 Å². The summed E-state index contributed by atoms with van der Waals surface area (Å²) in [4.78, 5) is 19.8. The molecule has 0 spiro atoms. The van der Waals surface area contributed by atoms with Gasteiger partial charge in [-0.1, -0.05) is 30.3 Å². The summed E-state index contributed by atoms with van der Waals surface area (Å²) in [7, 11) is 1.90. The van der Waals surface area contributed by atoms with Gasteiger partial charge in [-0.3, -0.25) is 9.69 Å². The minimum atomic E-state index is 0.0682. The van der Waals surface area contributed by atoms with Gasteiger partial charge < -0.3 is 14.5 Å². The van der Waals surface area contributed by atoms with Gasteiger partial charge in [0, 0.05) is 57.6 Å². The van der Waals surface area contributed by atoms with Crippen molar-refractivity contribution >= 4 is 11.6 Å². The zero-order valence-corrected chi connectivity index (χ0v) is 19.8. The Kier molecular flexibility index (Phi) is 7.48. The summed E-state index contributed by atoms with van der Waals surface area (Å²) in [5.41, 5.74) is 4.48. The first-order valence-corrected chi connectivity index (χ1v) is 12.0. The lowest BCUT2D eigenvalue weighted by Crippen LogP contribution is -2.44. The second-order valence-corrected chi connectivity index (χ2v) is 9.49. The van der Waals surface area contributed by atoms with Crippen molar-refractivity contribution in [3.05, 3.63) is 65.2 Å². The number of ether oxygens (including phenoxy) is 1. The van der Waals surface area contributed by atoms with Gasteiger partial charge in [0.25, 0.3) is 5.91 Å². The lowest BCUT2D eigenvalue weighted by molar-refractivity contribution is -0.0704. The second-order valence-electron chi connectivity index (χ2n) is 9.49. The van der Waals surface area contributed by atoms with Gasteiger partial charge in [-0.25, -0.2) is 0 Å². The number of hydrogen-bond donors (Lipinski definition) is 0. The van der Waals surface area contributed by atoms with Crippen LogP contribution >= 0.6 is 0 Å². The van der Waals surface area contributed by atoms with Crippen molar-refractivity contribution < 1.29 is 9.53 Å². The molecule has 0 saturated carbocycles. The molecule has 2 aromatic rings. The monoisotopic (exact) mass is 435 g/mol. The smallest absolute Gasteiger partial charge is 0.253 e. The van der Waals surface area contributed by atoms with Gasteiger partial charge in [0.1, 0.15) is 0 Å². The molecule has 2 heterocycles. The fourth-order valence-corrected chi connectivity index (χ4v) is 5.06. The largest absolute Gasteiger partial charge is 0.373 e. The second kappa shape index (κ2) is 10.5. The Bertz CT molecular complexity index is 882. The summed E-state index contributed by atoms with van der Waals surface area (Å²) in [5, 5.41) is 0. The van der Waals surface area contributed by atoms with Gasteiger partial charge in [0.05, 0.1) is 12.2 Å². The van der Waals surface area contributed by atoms with E-state index in [0.29, 0.717) is 6.54 Å². The number of hydrogen-bond acceptors (Lipinski definition) is 4. The molecule has 2 aromatic carbocycles. The highest BCUT2D eigenvalue weighted by molar-refractivity contribution is 5.94. The van der Waals surface area contributed by atoms with Crippen LogP contribution in [0.2, 0.25) is 0 Å². The Morgan fingerprint density at radius 1 is 0.969 bits per heavy atom. The number of anilines is 1. The molecule has 0 bridgehead atoms. The molecular weight excluding hydrogens is 398 g/mol. The Labute approximate surface area is 193 Å². The molecule has 172 valence electrons. The molecule has 5 heteroatoms. The van der Waals surface area contributed by atoms with E-state index in [9.17, 15) is 4.79 Å². The molecule has 4 rings (SSSR count). The number of carbonyl (C=O) groups excluding carboxylic acids is 1. The SMILES string of the molecule is CC1CN(Cc2ccc(C(=O)N(C)Cc3ccccc3N3CCCCC3)cc2)CC(C)O1. The first-order valence-electron chi connectivity index (χ1n) is 12.0. The lowest BCUT2D eigenvalue weighted by Gasteiger charge is -2.35. The third kappa shape index (κ3) is 5.70. The van der Waals surface area contributed by atoms with E-state index in [4.69, 9.17) is 4.74 Å².